The van der Waals surface area contributed by atoms with Crippen LogP contribution in [0.25, 0.3) is 65.8 Å². The summed E-state index contributed by atoms with van der Waals surface area (Å²) in [7, 11) is 0. The SMILES string of the molecule is Cc1cc2c(nn3c(-c4cc(C(C)(C)C)cc5c6cc(C)c7ccc[c-]c7c6nn45)cc(C(C)(C)C)cc23)c2[c-]cccc12.[Pt+2]. The zero-order valence-corrected chi connectivity index (χ0v) is 29.3. The summed E-state index contributed by atoms with van der Waals surface area (Å²) >= 11 is 0. The summed E-state index contributed by atoms with van der Waals surface area (Å²) in [5.41, 5.74) is 11.1. The number of benzene rings is 4. The molecule has 0 fully saturated rings. The Bertz CT molecular complexity index is 2310. The van der Waals surface area contributed by atoms with Gasteiger partial charge < -0.3 is 0 Å². The number of hydrogen-bond acceptors (Lipinski definition) is 2. The molecule has 4 aromatic heterocycles. The molecule has 4 heterocycles. The normalized spacial score (nSPS) is 12.7. The maximum absolute atomic E-state index is 5.34. The van der Waals surface area contributed by atoms with Crippen LogP contribution in [-0.4, -0.2) is 19.2 Å². The van der Waals surface area contributed by atoms with Gasteiger partial charge in [0.05, 0.1) is 22.4 Å². The fourth-order valence-electron chi connectivity index (χ4n) is 6.72. The Kier molecular flexibility index (Phi) is 6.59. The number of pyridine rings is 2. The molecular weight excluding hydrogens is 732 g/mol. The summed E-state index contributed by atoms with van der Waals surface area (Å²) in [5.74, 6) is 0. The van der Waals surface area contributed by atoms with E-state index < -0.39 is 0 Å². The number of nitrogens with zero attached hydrogens (tertiary/aromatic N) is 4. The third-order valence-corrected chi connectivity index (χ3v) is 9.30. The molecule has 0 aliphatic heterocycles. The van der Waals surface area contributed by atoms with Gasteiger partial charge in [-0.2, -0.15) is 0 Å². The fraction of sp³-hybridized carbons (Fsp3) is 0.250. The van der Waals surface area contributed by atoms with E-state index >= 15 is 0 Å². The first kappa shape index (κ1) is 29.7. The van der Waals surface area contributed by atoms with Gasteiger partial charge in [0, 0.05) is 11.0 Å². The number of hydrogen-bond donors (Lipinski definition) is 0. The molecule has 0 bridgehead atoms. The Morgan fingerprint density at radius 3 is 1.33 bits per heavy atom. The summed E-state index contributed by atoms with van der Waals surface area (Å²) in [4.78, 5) is 0. The Balaban J connectivity index is 0.00000325. The second-order valence-electron chi connectivity index (χ2n) is 14.4. The molecule has 0 atom stereocenters. The smallest absolute Gasteiger partial charge is 0.240 e. The molecule has 0 saturated carbocycles. The minimum absolute atomic E-state index is 0. The number of aromatic nitrogens is 4. The average Bonchev–Trinajstić information content (AvgIpc) is 3.54. The first-order chi connectivity index (χ1) is 20.9. The van der Waals surface area contributed by atoms with Crippen molar-refractivity contribution in [2.75, 3.05) is 0 Å². The van der Waals surface area contributed by atoms with Crippen LogP contribution in [0, 0.1) is 26.0 Å². The van der Waals surface area contributed by atoms with Crippen LogP contribution >= 0.6 is 0 Å². The fourth-order valence-corrected chi connectivity index (χ4v) is 6.72. The summed E-state index contributed by atoms with van der Waals surface area (Å²) in [6, 6.07) is 33.3. The van der Waals surface area contributed by atoms with E-state index in [1.165, 1.54) is 33.0 Å². The molecule has 0 radical (unpaired) electrons. The van der Waals surface area contributed by atoms with E-state index in [9.17, 15) is 0 Å². The molecule has 45 heavy (non-hydrogen) atoms. The van der Waals surface area contributed by atoms with E-state index in [0.29, 0.717) is 0 Å². The Morgan fingerprint density at radius 2 is 0.956 bits per heavy atom. The van der Waals surface area contributed by atoms with Crippen LogP contribution in [0.2, 0.25) is 0 Å². The molecule has 0 N–H and O–H groups in total. The molecule has 4 aromatic carbocycles. The van der Waals surface area contributed by atoms with Gasteiger partial charge in [0.25, 0.3) is 0 Å². The summed E-state index contributed by atoms with van der Waals surface area (Å²) in [6.45, 7) is 18.1. The molecule has 4 nitrogen and oxygen atoms in total. The van der Waals surface area contributed by atoms with Crippen molar-refractivity contribution in [1.82, 2.24) is 19.2 Å². The van der Waals surface area contributed by atoms with E-state index in [0.717, 1.165) is 55.0 Å². The van der Waals surface area contributed by atoms with Crippen LogP contribution in [0.4, 0.5) is 0 Å². The molecule has 0 unspecified atom stereocenters. The zero-order valence-electron chi connectivity index (χ0n) is 27.0. The van der Waals surface area contributed by atoms with Crippen LogP contribution < -0.4 is 0 Å². The first-order valence-corrected chi connectivity index (χ1v) is 15.4. The van der Waals surface area contributed by atoms with Gasteiger partial charge in [-0.05, 0) is 70.8 Å². The Morgan fingerprint density at radius 1 is 0.556 bits per heavy atom. The Labute approximate surface area is 278 Å². The number of rotatable bonds is 1. The van der Waals surface area contributed by atoms with Crippen molar-refractivity contribution in [2.24, 2.45) is 0 Å². The van der Waals surface area contributed by atoms with Crippen LogP contribution in [0.1, 0.15) is 63.8 Å². The number of aryl methyl sites for hydroxylation is 2. The van der Waals surface area contributed by atoms with Crippen LogP contribution in [0.3, 0.4) is 0 Å². The van der Waals surface area contributed by atoms with Gasteiger partial charge in [0.2, 0.25) is 0 Å². The summed E-state index contributed by atoms with van der Waals surface area (Å²) in [6.07, 6.45) is 0. The molecular formula is C40H36N4Pt. The maximum atomic E-state index is 5.34. The van der Waals surface area contributed by atoms with Crippen molar-refractivity contribution >= 4 is 54.4 Å². The van der Waals surface area contributed by atoms with Gasteiger partial charge in [-0.15, -0.1) is 70.1 Å². The van der Waals surface area contributed by atoms with Gasteiger partial charge in [-0.3, -0.25) is 0 Å². The minimum atomic E-state index is -0.0665. The first-order valence-electron chi connectivity index (χ1n) is 15.4. The van der Waals surface area contributed by atoms with E-state index in [-0.39, 0.29) is 31.9 Å². The number of fused-ring (bicyclic) bond motifs is 10. The average molecular weight is 768 g/mol. The molecule has 5 heteroatoms. The molecule has 0 amide bonds. The third kappa shape index (κ3) is 4.44. The predicted octanol–water partition coefficient (Wildman–Crippen LogP) is 10.1. The molecule has 0 aliphatic rings. The van der Waals surface area contributed by atoms with E-state index in [4.69, 9.17) is 10.2 Å². The summed E-state index contributed by atoms with van der Waals surface area (Å²) in [5, 5.41) is 17.5. The van der Waals surface area contributed by atoms with Gasteiger partial charge in [0.15, 0.2) is 0 Å². The second kappa shape index (κ2) is 9.99. The topological polar surface area (TPSA) is 34.6 Å². The van der Waals surface area contributed by atoms with Crippen molar-refractivity contribution in [3.05, 3.63) is 107 Å². The van der Waals surface area contributed by atoms with Crippen molar-refractivity contribution < 1.29 is 21.1 Å². The van der Waals surface area contributed by atoms with Crippen LogP contribution in [0.5, 0.6) is 0 Å². The van der Waals surface area contributed by atoms with Gasteiger partial charge in [-0.25, -0.2) is 19.2 Å². The monoisotopic (exact) mass is 767 g/mol. The van der Waals surface area contributed by atoms with Crippen LogP contribution in [0.15, 0.2) is 72.8 Å². The third-order valence-electron chi connectivity index (χ3n) is 9.30. The molecule has 8 rings (SSSR count). The van der Waals surface area contributed by atoms with Gasteiger partial charge in [0.1, 0.15) is 0 Å². The van der Waals surface area contributed by atoms with E-state index in [1.54, 1.807) is 0 Å². The largest absolute Gasteiger partial charge is 2.00 e. The van der Waals surface area contributed by atoms with Crippen LogP contribution in [-0.2, 0) is 31.9 Å². The maximum Gasteiger partial charge on any atom is 2.00 e. The van der Waals surface area contributed by atoms with Gasteiger partial charge >= 0.3 is 21.1 Å². The Hall–Kier alpha value is -4.01. The standard InChI is InChI=1S/C40H36N4.Pt/c1-23-17-31-33-19-25(39(3,4)5)21-35(43(33)41-37(31)29-15-11-9-13-27(23)29)36-22-26(40(6,7)8)20-34-32-18-24(2)28-14-10-12-16-30(28)38(32)42-44(34)36;/h9-14,17-22H,1-8H3;/q-2;+2. The summed E-state index contributed by atoms with van der Waals surface area (Å²) < 4.78 is 4.28. The quantitative estimate of drug-likeness (QED) is 0.156. The van der Waals surface area contributed by atoms with Crippen molar-refractivity contribution in [2.45, 2.75) is 66.2 Å². The van der Waals surface area contributed by atoms with E-state index in [2.05, 4.69) is 137 Å². The molecule has 0 saturated heterocycles. The van der Waals surface area contributed by atoms with Crippen molar-refractivity contribution in [1.29, 1.82) is 0 Å². The zero-order chi connectivity index (χ0) is 30.7. The predicted molar refractivity (Wildman–Crippen MR) is 184 cm³/mol. The van der Waals surface area contributed by atoms with Crippen molar-refractivity contribution in [3.8, 4) is 11.4 Å². The molecule has 0 aliphatic carbocycles. The molecule has 226 valence electrons. The molecule has 0 spiro atoms. The van der Waals surface area contributed by atoms with Crippen molar-refractivity contribution in [3.63, 3.8) is 0 Å². The second-order valence-corrected chi connectivity index (χ2v) is 14.4. The minimum Gasteiger partial charge on any atom is -0.240 e. The van der Waals surface area contributed by atoms with Gasteiger partial charge in [-0.1, -0.05) is 64.8 Å². The molecule has 8 aromatic rings. The van der Waals surface area contributed by atoms with E-state index in [1.807, 2.05) is 12.1 Å².